The first kappa shape index (κ1) is 134. The van der Waals surface area contributed by atoms with Gasteiger partial charge in [0.05, 0.1) is 91.6 Å². The first-order valence-corrected chi connectivity index (χ1v) is 55.3. The molecule has 15 N–H and O–H groups in total. The lowest BCUT2D eigenvalue weighted by Crippen LogP contribution is -2.25. The van der Waals surface area contributed by atoms with Crippen LogP contribution in [0.2, 0.25) is 0 Å². The third-order valence-corrected chi connectivity index (χ3v) is 28.0. The smallest absolute Gasteiger partial charge is 0.306 e. The fourth-order valence-electron chi connectivity index (χ4n) is 19.8. The van der Waals surface area contributed by atoms with Crippen LogP contribution in [0.1, 0.15) is 330 Å². The highest BCUT2D eigenvalue weighted by Gasteiger charge is 2.45. The number of aryl methyl sites for hydroxylation is 1. The molecule has 0 unspecified atom stereocenters. The Labute approximate surface area is 889 Å². The van der Waals surface area contributed by atoms with Crippen molar-refractivity contribution in [1.82, 2.24) is 0 Å². The van der Waals surface area contributed by atoms with E-state index in [-0.39, 0.29) is 139 Å². The number of hydrogen-bond donors (Lipinski definition) is 15. The Morgan fingerprint density at radius 3 is 1.17 bits per heavy atom. The van der Waals surface area contributed by atoms with Crippen LogP contribution in [0.15, 0.2) is 182 Å². The second-order valence-electron chi connectivity index (χ2n) is 42.0. The van der Waals surface area contributed by atoms with Gasteiger partial charge >= 0.3 is 29.8 Å². The van der Waals surface area contributed by atoms with E-state index in [0.29, 0.717) is 166 Å². The number of hydrogen-bond acceptors (Lipinski definition) is 24. The van der Waals surface area contributed by atoms with E-state index in [1.165, 1.54) is 55.2 Å². The molecule has 0 amide bonds. The van der Waals surface area contributed by atoms with Crippen LogP contribution in [0.5, 0.6) is 11.5 Å². The molecule has 26 nitrogen and oxygen atoms in total. The van der Waals surface area contributed by atoms with Crippen molar-refractivity contribution in [1.29, 1.82) is 0 Å². The zero-order valence-corrected chi connectivity index (χ0v) is 90.4. The summed E-state index contributed by atoms with van der Waals surface area (Å²) in [5.74, 6) is -9.24. The molecule has 0 aromatic heterocycles. The normalized spacial score (nSPS) is 25.0. The van der Waals surface area contributed by atoms with Crippen molar-refractivity contribution in [3.8, 4) is 11.5 Å². The number of carboxylic acid groups (broad SMARTS) is 2. The number of Topliss-reactive ketones (excluding diaryl/α,β-unsaturated/α-hetero) is 1. The number of allylic oxidation sites excluding steroid dienone is 10. The third-order valence-electron chi connectivity index (χ3n) is 28.0. The topological polar surface area (TPSA) is 452 Å². The fraction of sp³-hybridized carbons (Fsp3) is 0.667. The predicted octanol–water partition coefficient (Wildman–Crippen LogP) is 20.7. The van der Waals surface area contributed by atoms with Gasteiger partial charge in [0.25, 0.3) is 11.8 Å². The Balaban J connectivity index is 0.000000392. The van der Waals surface area contributed by atoms with Gasteiger partial charge in [0.15, 0.2) is 6.61 Å². The van der Waals surface area contributed by atoms with Crippen molar-refractivity contribution < 1.29 is 147 Å². The lowest BCUT2D eigenvalue weighted by atomic mass is 9.85. The number of alkyl halides is 4. The Morgan fingerprint density at radius 2 is 0.747 bits per heavy atom. The van der Waals surface area contributed by atoms with Crippen LogP contribution < -0.4 is 9.47 Å². The lowest BCUT2D eigenvalue weighted by molar-refractivity contribution is -0.148. The number of halogens is 4. The zero-order valence-electron chi connectivity index (χ0n) is 90.4. The summed E-state index contributed by atoms with van der Waals surface area (Å²) in [5, 5.41) is 151. The highest BCUT2D eigenvalue weighted by Crippen LogP contribution is 2.43. The number of carbonyl (C=O) groups excluding carboxylic acids is 4. The highest BCUT2D eigenvalue weighted by molar-refractivity contribution is 5.78. The van der Waals surface area contributed by atoms with E-state index in [1.54, 1.807) is 62.4 Å². The maximum Gasteiger partial charge on any atom is 0.306 e. The molecule has 0 bridgehead atoms. The molecule has 0 radical (unpaired) electrons. The minimum atomic E-state index is -3.20. The molecule has 0 spiro atoms. The SMILES string of the molecule is CC(C)OC(=O)CCC/C=C\C[C@@H]1[C@@H](/C=C/C(F)(F)COc2ccccc2)[C@H](O)C[C@@H]1O.CC(C)OC(=O)CCC/C=C\C[C@@H]1[C@@H](/C=C/[C@@H](O)COc2cccc(C(C)(F)F)c2)[C@H](O)C[C@@H]1O.CC(C)OC(=O)CCC/C=C\C[C@@H]1[C@@H](CC[C@@H](O)CCc2ccccc2)[C@H](O)C[C@@H]1O.CCCCCCCC(=O)CC[C@@H]1[C@@H](C/C=C\CCCC(=O)O)[C@@H](O)C[C@H]1O.CCCCC[C@H](O)/C=C/[C@@H]1[C@@H](C/C=C\CCCC(=O)O)[C@@H](O)C[C@H]1O. The fourth-order valence-corrected chi connectivity index (χ4v) is 19.8. The van der Waals surface area contributed by atoms with Crippen molar-refractivity contribution in [2.75, 3.05) is 13.2 Å². The molecule has 30 heteroatoms. The van der Waals surface area contributed by atoms with E-state index in [4.69, 9.17) is 33.9 Å². The molecular weight excluding hydrogens is 1930 g/mol. The number of ether oxygens (including phenoxy) is 5. The van der Waals surface area contributed by atoms with E-state index in [0.717, 1.165) is 70.8 Å². The Kier molecular flexibility index (Phi) is 67.8. The highest BCUT2D eigenvalue weighted by atomic mass is 19.3. The van der Waals surface area contributed by atoms with Crippen LogP contribution in [-0.4, -0.2) is 229 Å². The van der Waals surface area contributed by atoms with E-state index < -0.39 is 116 Å². The quantitative estimate of drug-likeness (QED) is 0.00820. The average molecular weight is 2120 g/mol. The third kappa shape index (κ3) is 58.1. The maximum atomic E-state index is 14.2. The molecular formula is C120H184F4O26. The van der Waals surface area contributed by atoms with Crippen molar-refractivity contribution >= 4 is 35.6 Å². The first-order valence-electron chi connectivity index (χ1n) is 55.3. The minimum Gasteiger partial charge on any atom is -0.491 e. The van der Waals surface area contributed by atoms with Gasteiger partial charge in [0, 0.05) is 94.4 Å². The number of carbonyl (C=O) groups is 6. The molecule has 23 atom stereocenters. The molecule has 5 fully saturated rings. The molecule has 5 aliphatic carbocycles. The molecule has 0 heterocycles. The van der Waals surface area contributed by atoms with Gasteiger partial charge in [-0.2, -0.15) is 8.78 Å². The van der Waals surface area contributed by atoms with Gasteiger partial charge in [0.1, 0.15) is 30.0 Å². The van der Waals surface area contributed by atoms with Gasteiger partial charge < -0.3 is 100 Å². The van der Waals surface area contributed by atoms with Crippen LogP contribution in [0.4, 0.5) is 17.6 Å². The maximum absolute atomic E-state index is 14.2. The number of aliphatic hydroxyl groups is 13. The van der Waals surface area contributed by atoms with Crippen molar-refractivity contribution in [3.63, 3.8) is 0 Å². The average Bonchev–Trinajstić information content (AvgIpc) is 1.66. The Bertz CT molecular complexity index is 4400. The van der Waals surface area contributed by atoms with Crippen molar-refractivity contribution in [2.24, 2.45) is 59.2 Å². The minimum absolute atomic E-state index is 0.00652. The molecule has 3 aromatic carbocycles. The van der Waals surface area contributed by atoms with Crippen molar-refractivity contribution in [2.45, 2.75) is 435 Å². The standard InChI is InChI=1S/C27H38F2O6.C26H40O5.C25H34F2O5.C22H38O5.C20H34O5/c1-18(2)35-26(33)12-7-5-4-6-11-22-23(25(32)16-24(22)31)14-13-20(30)17-34-21-10-8-9-19(15-21)27(3,28)29;1-19(2)31-26(30)13-9-4-3-8-12-22-23(25(29)18-24(22)28)17-16-21(27)15-14-20-10-6-5-7-11-20;1-18(2)32-24(30)13-9-4-3-8-12-20-21(23(29)16-22(20)28)14-15-25(26,27)17-31-19-10-6-5-7-11-19;1-2-3-4-5-8-11-17(23)14-15-19-18(20(24)16-21(19)25)12-9-6-7-10-13-22(26)27;1-2-3-6-9-15(21)12-13-17-16(18(22)14-19(17)23)10-7-4-5-8-11-20(24)25/h4,6,8-10,13-15,18,20,22-25,30-32H,5,7,11-12,16-17H2,1-3H3;3,5-8,10-11,19,21-25,27-29H,4,9,12-18H2,1-2H3;3,5-8,10-11,14-15,18,20-23,28-29H,4,9,12-13,16-17H2,1-2H3;6,9,18-21,24-25H,2-5,7-8,10-16H2,1H3,(H,26,27);4,7,12-13,15-19,21-23H,2-3,5-6,8-11,14H2,1H3,(H,24,25)/b6-4-,14-13+;8-3-;8-3-,15-14+;9-6-;7-4-,13-12+/t20-,22-,23-,24+,25-;21-,22+,23+,24-,25+;20-,21-,22+,23-;18-,19-,20+,21-;15-,16+,17+,18-,19+/m10110/s1. The summed E-state index contributed by atoms with van der Waals surface area (Å²) in [6.45, 7) is 15.1. The Hall–Kier alpha value is -8.60. The molecule has 5 aliphatic rings. The number of aliphatic carboxylic acids is 2. The molecule has 5 saturated carbocycles. The molecule has 848 valence electrons. The van der Waals surface area contributed by atoms with Gasteiger partial charge in [-0.3, -0.25) is 28.8 Å². The summed E-state index contributed by atoms with van der Waals surface area (Å²) >= 11 is 0. The summed E-state index contributed by atoms with van der Waals surface area (Å²) in [6, 6.07) is 24.1. The van der Waals surface area contributed by atoms with Gasteiger partial charge in [-0.15, -0.1) is 0 Å². The summed E-state index contributed by atoms with van der Waals surface area (Å²) in [4.78, 5) is 67.7. The summed E-state index contributed by atoms with van der Waals surface area (Å²) in [5.41, 5.74) is 1.05. The molecule has 0 aliphatic heterocycles. The number of carboxylic acids is 2. The monoisotopic (exact) mass is 2120 g/mol. The van der Waals surface area contributed by atoms with E-state index in [2.05, 4.69) is 32.1 Å². The zero-order chi connectivity index (χ0) is 111. The number of unbranched alkanes of at least 4 members (excludes halogenated alkanes) is 11. The summed E-state index contributed by atoms with van der Waals surface area (Å²) < 4.78 is 81.3. The number of esters is 3. The molecule has 8 rings (SSSR count). The van der Waals surface area contributed by atoms with Crippen LogP contribution in [0.25, 0.3) is 0 Å². The van der Waals surface area contributed by atoms with Crippen LogP contribution in [0, 0.1) is 59.2 Å². The van der Waals surface area contributed by atoms with E-state index >= 15 is 0 Å². The lowest BCUT2D eigenvalue weighted by Gasteiger charge is -2.23. The molecule has 0 saturated heterocycles. The van der Waals surface area contributed by atoms with Crippen LogP contribution in [0.3, 0.4) is 0 Å². The summed E-state index contributed by atoms with van der Waals surface area (Å²) in [6.07, 6.45) is 47.1. The van der Waals surface area contributed by atoms with Gasteiger partial charge in [0.2, 0.25) is 0 Å². The van der Waals surface area contributed by atoms with Crippen molar-refractivity contribution in [3.05, 3.63) is 193 Å². The number of ketones is 1. The Morgan fingerprint density at radius 1 is 0.373 bits per heavy atom. The van der Waals surface area contributed by atoms with Crippen LogP contribution >= 0.6 is 0 Å². The number of para-hydroxylation sites is 1. The second-order valence-corrected chi connectivity index (χ2v) is 42.0. The number of rotatable bonds is 65. The number of aliphatic hydroxyl groups excluding tert-OH is 13. The van der Waals surface area contributed by atoms with Gasteiger partial charge in [-0.25, -0.2) is 8.78 Å². The van der Waals surface area contributed by atoms with E-state index in [9.17, 15) is 113 Å². The largest absolute Gasteiger partial charge is 0.491 e. The van der Waals surface area contributed by atoms with E-state index in [1.807, 2.05) is 107 Å². The molecule has 150 heavy (non-hydrogen) atoms. The summed E-state index contributed by atoms with van der Waals surface area (Å²) in [7, 11) is 0. The first-order chi connectivity index (χ1) is 71.4. The predicted molar refractivity (Wildman–Crippen MR) is 575 cm³/mol. The van der Waals surface area contributed by atoms with Crippen LogP contribution in [-0.2, 0) is 55.3 Å². The van der Waals surface area contributed by atoms with Gasteiger partial charge in [-0.1, -0.05) is 211 Å². The number of benzene rings is 3. The molecule has 3 aromatic rings. The second kappa shape index (κ2) is 76.1. The van der Waals surface area contributed by atoms with Gasteiger partial charge in [-0.05, 0) is 273 Å².